The molecule has 1 N–H and O–H groups in total. The van der Waals surface area contributed by atoms with Crippen LogP contribution in [0.15, 0.2) is 0 Å². The molecule has 0 aliphatic heterocycles. The Kier molecular flexibility index (Phi) is 1.93. The lowest BCUT2D eigenvalue weighted by molar-refractivity contribution is 0.328. The lowest BCUT2D eigenvalue weighted by atomic mass is 9.82. The minimum atomic E-state index is 0.198. The largest absolute Gasteiger partial charge is 0.177 e. The third-order valence-electron chi connectivity index (χ3n) is 2.05. The second kappa shape index (κ2) is 2.60. The number of rotatable bonds is 1. The van der Waals surface area contributed by atoms with Gasteiger partial charge in [0.1, 0.15) is 0 Å². The van der Waals surface area contributed by atoms with Crippen molar-refractivity contribution < 1.29 is 0 Å². The smallest absolute Gasteiger partial charge is 0.177 e. The SMILES string of the molecule is CC(c1nn[nH]n1)C(C)(C)C. The fraction of sp³-hybridized carbons (Fsp3) is 0.857. The van der Waals surface area contributed by atoms with Crippen LogP contribution in [-0.2, 0) is 0 Å². The molecule has 1 atom stereocenters. The Morgan fingerprint density at radius 3 is 2.36 bits per heavy atom. The van der Waals surface area contributed by atoms with Gasteiger partial charge in [0.25, 0.3) is 0 Å². The van der Waals surface area contributed by atoms with Crippen molar-refractivity contribution in [2.45, 2.75) is 33.6 Å². The Hall–Kier alpha value is -0.930. The maximum atomic E-state index is 3.94. The van der Waals surface area contributed by atoms with E-state index in [1.165, 1.54) is 0 Å². The van der Waals surface area contributed by atoms with Crippen molar-refractivity contribution in [2.24, 2.45) is 5.41 Å². The second-order valence-electron chi connectivity index (χ2n) is 3.86. The van der Waals surface area contributed by atoms with Gasteiger partial charge in [-0.25, -0.2) is 0 Å². The highest BCUT2D eigenvalue weighted by molar-refractivity contribution is 4.94. The van der Waals surface area contributed by atoms with E-state index in [4.69, 9.17) is 0 Å². The van der Waals surface area contributed by atoms with Crippen LogP contribution in [0.25, 0.3) is 0 Å². The Morgan fingerprint density at radius 2 is 2.00 bits per heavy atom. The van der Waals surface area contributed by atoms with Crippen LogP contribution in [0.1, 0.15) is 39.4 Å². The summed E-state index contributed by atoms with van der Waals surface area (Å²) in [5.41, 5.74) is 0.198. The van der Waals surface area contributed by atoms with Crippen molar-refractivity contribution in [1.82, 2.24) is 20.6 Å². The molecule has 11 heavy (non-hydrogen) atoms. The van der Waals surface area contributed by atoms with Gasteiger partial charge in [-0.2, -0.15) is 5.21 Å². The average molecular weight is 154 g/mol. The van der Waals surface area contributed by atoms with Gasteiger partial charge in [0.2, 0.25) is 0 Å². The van der Waals surface area contributed by atoms with Gasteiger partial charge in [0.15, 0.2) is 5.82 Å². The number of H-pyrrole nitrogens is 1. The minimum Gasteiger partial charge on any atom is -0.177 e. The first-order chi connectivity index (χ1) is 5.02. The molecule has 1 aromatic rings. The molecule has 1 unspecified atom stereocenters. The van der Waals surface area contributed by atoms with Crippen molar-refractivity contribution >= 4 is 0 Å². The molecule has 0 aromatic carbocycles. The van der Waals surface area contributed by atoms with Crippen molar-refractivity contribution in [3.8, 4) is 0 Å². The zero-order valence-corrected chi connectivity index (χ0v) is 7.42. The van der Waals surface area contributed by atoms with Crippen molar-refractivity contribution in [2.75, 3.05) is 0 Å². The summed E-state index contributed by atoms with van der Waals surface area (Å²) in [5.74, 6) is 1.12. The summed E-state index contributed by atoms with van der Waals surface area (Å²) < 4.78 is 0. The van der Waals surface area contributed by atoms with Crippen LogP contribution in [-0.4, -0.2) is 20.6 Å². The van der Waals surface area contributed by atoms with E-state index >= 15 is 0 Å². The Balaban J connectivity index is 2.78. The van der Waals surface area contributed by atoms with Gasteiger partial charge in [0.05, 0.1) is 0 Å². The summed E-state index contributed by atoms with van der Waals surface area (Å²) in [6, 6.07) is 0. The number of nitrogens with one attached hydrogen (secondary N) is 1. The van der Waals surface area contributed by atoms with Gasteiger partial charge < -0.3 is 0 Å². The molecule has 1 rings (SSSR count). The van der Waals surface area contributed by atoms with E-state index in [0.29, 0.717) is 5.92 Å². The highest BCUT2D eigenvalue weighted by atomic mass is 15.5. The lowest BCUT2D eigenvalue weighted by Crippen LogP contribution is -2.16. The van der Waals surface area contributed by atoms with Crippen LogP contribution in [0, 0.1) is 5.41 Å². The van der Waals surface area contributed by atoms with Crippen LogP contribution in [0.4, 0.5) is 0 Å². The topological polar surface area (TPSA) is 54.5 Å². The minimum absolute atomic E-state index is 0.198. The van der Waals surface area contributed by atoms with Crippen LogP contribution < -0.4 is 0 Å². The number of nitrogens with zero attached hydrogens (tertiary/aromatic N) is 3. The van der Waals surface area contributed by atoms with E-state index < -0.39 is 0 Å². The monoisotopic (exact) mass is 154 g/mol. The average Bonchev–Trinajstić information content (AvgIpc) is 2.34. The van der Waals surface area contributed by atoms with Gasteiger partial charge in [-0.05, 0) is 5.41 Å². The summed E-state index contributed by atoms with van der Waals surface area (Å²) in [5, 5.41) is 13.8. The maximum Gasteiger partial charge on any atom is 0.177 e. The third kappa shape index (κ3) is 1.76. The molecule has 0 saturated heterocycles. The Bertz CT molecular complexity index is 209. The predicted octanol–water partition coefficient (Wildman–Crippen LogP) is 1.35. The van der Waals surface area contributed by atoms with Crippen LogP contribution >= 0.6 is 0 Å². The first-order valence-electron chi connectivity index (χ1n) is 3.75. The van der Waals surface area contributed by atoms with Crippen molar-refractivity contribution in [3.05, 3.63) is 5.82 Å². The molecule has 0 bridgehead atoms. The summed E-state index contributed by atoms with van der Waals surface area (Å²) in [4.78, 5) is 0. The van der Waals surface area contributed by atoms with Crippen molar-refractivity contribution in [3.63, 3.8) is 0 Å². The maximum absolute atomic E-state index is 3.94. The highest BCUT2D eigenvalue weighted by Crippen LogP contribution is 2.31. The quantitative estimate of drug-likeness (QED) is 0.664. The molecule has 62 valence electrons. The lowest BCUT2D eigenvalue weighted by Gasteiger charge is -2.23. The fourth-order valence-electron chi connectivity index (χ4n) is 0.740. The molecule has 4 heteroatoms. The summed E-state index contributed by atoms with van der Waals surface area (Å²) >= 11 is 0. The Morgan fingerprint density at radius 1 is 1.36 bits per heavy atom. The number of hydrogen-bond acceptors (Lipinski definition) is 3. The normalized spacial score (nSPS) is 14.9. The standard InChI is InChI=1S/C7H14N4/c1-5(7(2,3)4)6-8-10-11-9-6/h5H,1-4H3,(H,8,9,10,11). The molecule has 0 saturated carbocycles. The van der Waals surface area contributed by atoms with E-state index in [-0.39, 0.29) is 5.41 Å². The zero-order valence-electron chi connectivity index (χ0n) is 7.42. The van der Waals surface area contributed by atoms with Gasteiger partial charge in [0, 0.05) is 5.92 Å². The van der Waals surface area contributed by atoms with Gasteiger partial charge in [-0.1, -0.05) is 32.9 Å². The van der Waals surface area contributed by atoms with Gasteiger partial charge in [-0.15, -0.1) is 10.2 Å². The summed E-state index contributed by atoms with van der Waals surface area (Å²) in [6.45, 7) is 8.58. The fourth-order valence-corrected chi connectivity index (χ4v) is 0.740. The first-order valence-corrected chi connectivity index (χ1v) is 3.75. The van der Waals surface area contributed by atoms with E-state index in [2.05, 4.69) is 48.3 Å². The number of aromatic nitrogens is 4. The highest BCUT2D eigenvalue weighted by Gasteiger charge is 2.24. The molecular weight excluding hydrogens is 140 g/mol. The number of hydrogen-bond donors (Lipinski definition) is 1. The summed E-state index contributed by atoms with van der Waals surface area (Å²) in [7, 11) is 0. The van der Waals surface area contributed by atoms with Crippen LogP contribution in [0.5, 0.6) is 0 Å². The zero-order chi connectivity index (χ0) is 8.48. The predicted molar refractivity (Wildman–Crippen MR) is 42.0 cm³/mol. The van der Waals surface area contributed by atoms with E-state index in [0.717, 1.165) is 5.82 Å². The molecule has 0 aliphatic rings. The Labute approximate surface area is 66.4 Å². The van der Waals surface area contributed by atoms with E-state index in [1.807, 2.05) is 0 Å². The van der Waals surface area contributed by atoms with Crippen LogP contribution in [0.3, 0.4) is 0 Å². The molecule has 4 nitrogen and oxygen atoms in total. The van der Waals surface area contributed by atoms with Crippen molar-refractivity contribution in [1.29, 1.82) is 0 Å². The second-order valence-corrected chi connectivity index (χ2v) is 3.86. The molecule has 1 aromatic heterocycles. The van der Waals surface area contributed by atoms with Crippen LogP contribution in [0.2, 0.25) is 0 Å². The summed E-state index contributed by atoms with van der Waals surface area (Å²) in [6.07, 6.45) is 0. The molecule has 1 heterocycles. The van der Waals surface area contributed by atoms with Gasteiger partial charge >= 0.3 is 0 Å². The first kappa shape index (κ1) is 8.17. The molecule has 0 amide bonds. The molecule has 0 spiro atoms. The third-order valence-corrected chi connectivity index (χ3v) is 2.05. The van der Waals surface area contributed by atoms with E-state index in [1.54, 1.807) is 0 Å². The molecular formula is C7H14N4. The number of tetrazole rings is 1. The van der Waals surface area contributed by atoms with Gasteiger partial charge in [-0.3, -0.25) is 0 Å². The molecule has 0 fully saturated rings. The molecule has 0 aliphatic carbocycles. The molecule has 0 radical (unpaired) electrons. The number of aromatic amines is 1. The van der Waals surface area contributed by atoms with E-state index in [9.17, 15) is 0 Å².